The Bertz CT molecular complexity index is 705. The van der Waals surface area contributed by atoms with Crippen molar-refractivity contribution in [2.45, 2.75) is 71.4 Å². The average Bonchev–Trinajstić information content (AvgIpc) is 3.15. The number of rotatable bonds is 2. The number of likely N-dealkylation sites (N-methyl/N-ethyl adjacent to an activating group) is 1. The van der Waals surface area contributed by atoms with Gasteiger partial charge in [0.1, 0.15) is 6.04 Å². The highest BCUT2D eigenvalue weighted by Crippen LogP contribution is 2.68. The molecule has 5 rings (SSSR count). The Balaban J connectivity index is 1.48. The lowest BCUT2D eigenvalue weighted by Gasteiger charge is -2.57. The van der Waals surface area contributed by atoms with E-state index in [0.29, 0.717) is 16.9 Å². The van der Waals surface area contributed by atoms with E-state index < -0.39 is 0 Å². The highest BCUT2D eigenvalue weighted by Gasteiger charge is 2.63. The molecule has 1 aliphatic heterocycles. The first-order chi connectivity index (χ1) is 13.2. The van der Waals surface area contributed by atoms with Gasteiger partial charge in [-0.15, -0.1) is 0 Å². The van der Waals surface area contributed by atoms with Gasteiger partial charge in [0.2, 0.25) is 0 Å². The highest BCUT2D eigenvalue weighted by atomic mass is 15.3. The van der Waals surface area contributed by atoms with Crippen LogP contribution in [0.15, 0.2) is 23.8 Å². The van der Waals surface area contributed by atoms with Crippen molar-refractivity contribution in [1.82, 2.24) is 4.90 Å². The van der Waals surface area contributed by atoms with Crippen molar-refractivity contribution < 1.29 is 4.48 Å². The second kappa shape index (κ2) is 6.20. The summed E-state index contributed by atoms with van der Waals surface area (Å²) >= 11 is 0. The third-order valence-electron chi connectivity index (χ3n) is 11.0. The van der Waals surface area contributed by atoms with E-state index >= 15 is 0 Å². The van der Waals surface area contributed by atoms with Crippen LogP contribution in [0.25, 0.3) is 0 Å². The molecule has 0 aromatic rings. The first kappa shape index (κ1) is 19.4. The lowest BCUT2D eigenvalue weighted by molar-refractivity contribution is -0.907. The molecule has 2 nitrogen and oxygen atoms in total. The van der Waals surface area contributed by atoms with E-state index in [4.69, 9.17) is 0 Å². The maximum Gasteiger partial charge on any atom is 0.108 e. The molecule has 4 aliphatic carbocycles. The van der Waals surface area contributed by atoms with Gasteiger partial charge in [0.25, 0.3) is 0 Å². The lowest BCUT2D eigenvalue weighted by Crippen LogP contribution is -2.53. The van der Waals surface area contributed by atoms with Crippen LogP contribution >= 0.6 is 0 Å². The third kappa shape index (κ3) is 2.40. The average molecular weight is 384 g/mol. The number of fused-ring (bicyclic) bond motifs is 4. The summed E-state index contributed by atoms with van der Waals surface area (Å²) in [7, 11) is 7.22. The van der Waals surface area contributed by atoms with Gasteiger partial charge >= 0.3 is 0 Å². The Morgan fingerprint density at radius 3 is 2.57 bits per heavy atom. The molecule has 1 spiro atoms. The summed E-state index contributed by atoms with van der Waals surface area (Å²) < 4.78 is 1.14. The highest BCUT2D eigenvalue weighted by molar-refractivity contribution is 5.36. The molecule has 0 bridgehead atoms. The molecule has 8 unspecified atom stereocenters. The van der Waals surface area contributed by atoms with Gasteiger partial charge in [-0.05, 0) is 99.1 Å². The molecule has 0 amide bonds. The van der Waals surface area contributed by atoms with Crippen molar-refractivity contribution in [2.75, 3.05) is 34.2 Å². The summed E-state index contributed by atoms with van der Waals surface area (Å²) in [5.41, 5.74) is 2.75. The van der Waals surface area contributed by atoms with Crippen LogP contribution in [-0.2, 0) is 0 Å². The minimum Gasteiger partial charge on any atom is -0.323 e. The Hall–Kier alpha value is -0.600. The molecule has 5 aliphatic rings. The Kier molecular flexibility index (Phi) is 4.29. The number of quaternary nitrogens is 1. The molecular formula is C26H43N2+. The Morgan fingerprint density at radius 1 is 1.07 bits per heavy atom. The van der Waals surface area contributed by atoms with Crippen LogP contribution in [0.1, 0.15) is 59.3 Å². The largest absolute Gasteiger partial charge is 0.323 e. The number of allylic oxidation sites excluding steroid dienone is 3. The first-order valence-corrected chi connectivity index (χ1v) is 12.2. The van der Waals surface area contributed by atoms with E-state index in [1.165, 1.54) is 51.6 Å². The lowest BCUT2D eigenvalue weighted by atomic mass is 9.48. The number of hydrogen-bond donors (Lipinski definition) is 0. The molecule has 8 atom stereocenters. The van der Waals surface area contributed by atoms with Gasteiger partial charge in [0, 0.05) is 19.0 Å². The van der Waals surface area contributed by atoms with Crippen LogP contribution in [0.2, 0.25) is 0 Å². The molecule has 28 heavy (non-hydrogen) atoms. The molecule has 2 saturated carbocycles. The quantitative estimate of drug-likeness (QED) is 0.598. The molecule has 1 saturated heterocycles. The SMILES string of the molecule is CC[N+](C)(C)C1C=C2C=CC3C(CCC45CN(C)C(C)C4CCC35)C2(C)CC1. The number of hydrogen-bond acceptors (Lipinski definition) is 1. The second-order valence-corrected chi connectivity index (χ2v) is 12.0. The Morgan fingerprint density at radius 2 is 1.82 bits per heavy atom. The molecular weight excluding hydrogens is 340 g/mol. The minimum absolute atomic E-state index is 0.430. The van der Waals surface area contributed by atoms with Crippen molar-refractivity contribution >= 4 is 0 Å². The molecule has 0 aromatic carbocycles. The van der Waals surface area contributed by atoms with Gasteiger partial charge in [-0.2, -0.15) is 0 Å². The molecule has 0 aromatic heterocycles. The molecule has 0 radical (unpaired) electrons. The van der Waals surface area contributed by atoms with Gasteiger partial charge < -0.3 is 9.38 Å². The normalized spacial score (nSPS) is 50.6. The van der Waals surface area contributed by atoms with Crippen molar-refractivity contribution in [3.63, 3.8) is 0 Å². The standard InChI is InChI=1S/C26H43N2/c1-7-28(5,6)20-12-14-25(3)19(16-20)8-9-21-23(25)13-15-26-17-27(4)18(2)22(26)10-11-24(21)26/h8-9,16,18,20-24H,7,10-15,17H2,1-6H3/q+1. The summed E-state index contributed by atoms with van der Waals surface area (Å²) in [6.45, 7) is 10.1. The molecule has 1 heterocycles. The molecule has 156 valence electrons. The molecule has 3 fully saturated rings. The van der Waals surface area contributed by atoms with Crippen LogP contribution in [0.3, 0.4) is 0 Å². The zero-order valence-corrected chi connectivity index (χ0v) is 19.2. The summed E-state index contributed by atoms with van der Waals surface area (Å²) in [6, 6.07) is 1.49. The summed E-state index contributed by atoms with van der Waals surface area (Å²) in [6.07, 6.45) is 16.7. The van der Waals surface area contributed by atoms with Crippen LogP contribution < -0.4 is 0 Å². The zero-order valence-electron chi connectivity index (χ0n) is 19.2. The fourth-order valence-corrected chi connectivity index (χ4v) is 8.73. The Labute approximate surface area is 173 Å². The molecule has 2 heteroatoms. The van der Waals surface area contributed by atoms with E-state index in [0.717, 1.165) is 34.2 Å². The minimum atomic E-state index is 0.430. The summed E-state index contributed by atoms with van der Waals surface area (Å²) in [5, 5.41) is 0. The fraction of sp³-hybridized carbons (Fsp3) is 0.846. The van der Waals surface area contributed by atoms with Crippen LogP contribution in [0.4, 0.5) is 0 Å². The van der Waals surface area contributed by atoms with E-state index in [9.17, 15) is 0 Å². The van der Waals surface area contributed by atoms with Crippen molar-refractivity contribution in [1.29, 1.82) is 0 Å². The summed E-state index contributed by atoms with van der Waals surface area (Å²) in [5.74, 6) is 3.63. The number of likely N-dealkylation sites (tertiary alicyclic amines) is 1. The smallest absolute Gasteiger partial charge is 0.108 e. The topological polar surface area (TPSA) is 3.24 Å². The maximum atomic E-state index is 2.70. The van der Waals surface area contributed by atoms with Gasteiger partial charge in [-0.1, -0.05) is 19.1 Å². The van der Waals surface area contributed by atoms with Gasteiger partial charge in [0.05, 0.1) is 20.6 Å². The van der Waals surface area contributed by atoms with Gasteiger partial charge in [-0.3, -0.25) is 0 Å². The predicted octanol–water partition coefficient (Wildman–Crippen LogP) is 5.12. The van der Waals surface area contributed by atoms with E-state index in [1.807, 2.05) is 0 Å². The van der Waals surface area contributed by atoms with Crippen LogP contribution in [0.5, 0.6) is 0 Å². The second-order valence-electron chi connectivity index (χ2n) is 12.0. The van der Waals surface area contributed by atoms with E-state index in [-0.39, 0.29) is 0 Å². The van der Waals surface area contributed by atoms with Gasteiger partial charge in [-0.25, -0.2) is 0 Å². The van der Waals surface area contributed by atoms with Crippen LogP contribution in [0, 0.1) is 34.5 Å². The van der Waals surface area contributed by atoms with Crippen molar-refractivity contribution in [3.8, 4) is 0 Å². The van der Waals surface area contributed by atoms with Gasteiger partial charge in [0.15, 0.2) is 0 Å². The first-order valence-electron chi connectivity index (χ1n) is 12.2. The fourth-order valence-electron chi connectivity index (χ4n) is 8.73. The van der Waals surface area contributed by atoms with Crippen LogP contribution in [-0.4, -0.2) is 55.7 Å². The zero-order chi connectivity index (χ0) is 19.9. The number of nitrogens with zero attached hydrogens (tertiary/aromatic N) is 2. The maximum absolute atomic E-state index is 2.70. The predicted molar refractivity (Wildman–Crippen MR) is 118 cm³/mol. The van der Waals surface area contributed by atoms with Crippen molar-refractivity contribution in [2.24, 2.45) is 34.5 Å². The van der Waals surface area contributed by atoms with E-state index in [2.05, 4.69) is 65.0 Å². The van der Waals surface area contributed by atoms with Crippen molar-refractivity contribution in [3.05, 3.63) is 23.8 Å². The monoisotopic (exact) mass is 383 g/mol. The van der Waals surface area contributed by atoms with E-state index in [1.54, 1.807) is 5.57 Å². The summed E-state index contributed by atoms with van der Waals surface area (Å²) in [4.78, 5) is 2.69. The molecule has 0 N–H and O–H groups in total. The third-order valence-corrected chi connectivity index (χ3v) is 11.0.